The molecule has 162 valence electrons. The first-order chi connectivity index (χ1) is 14.8. The number of carbonyl (C=O) groups excluding carboxylic acids is 2. The number of amides is 1. The normalized spacial score (nSPS) is 18.6. The van der Waals surface area contributed by atoms with Crippen LogP contribution in [0.25, 0.3) is 11.4 Å². The van der Waals surface area contributed by atoms with Crippen molar-refractivity contribution in [3.63, 3.8) is 0 Å². The summed E-state index contributed by atoms with van der Waals surface area (Å²) in [6, 6.07) is 7.01. The summed E-state index contributed by atoms with van der Waals surface area (Å²) in [5.41, 5.74) is 2.86. The highest BCUT2D eigenvalue weighted by Crippen LogP contribution is 2.41. The third kappa shape index (κ3) is 3.66. The summed E-state index contributed by atoms with van der Waals surface area (Å²) in [5, 5.41) is 13.3. The standard InChI is InChI=1S/C23H26N4O3S/c1-14-8-5-11-26-18(15(2)24-22(14)26)20(28)17-19(16-9-6-13-31-16)27(23(30)21(17)29)12-7-10-25(3)4/h5-6,8-9,11,13,19,28H,7,10,12H2,1-4H3/t19-/m0/s1. The summed E-state index contributed by atoms with van der Waals surface area (Å²) in [7, 11) is 3.95. The molecule has 0 spiro atoms. The van der Waals surface area contributed by atoms with Gasteiger partial charge in [-0.25, -0.2) is 4.98 Å². The number of likely N-dealkylation sites (tertiary alicyclic amines) is 1. The highest BCUT2D eigenvalue weighted by molar-refractivity contribution is 7.10. The minimum absolute atomic E-state index is 0.128. The Kier molecular flexibility index (Phi) is 5.68. The van der Waals surface area contributed by atoms with Crippen LogP contribution in [0.5, 0.6) is 0 Å². The third-order valence-electron chi connectivity index (χ3n) is 5.60. The lowest BCUT2D eigenvalue weighted by Gasteiger charge is -2.24. The lowest BCUT2D eigenvalue weighted by molar-refractivity contribution is -0.139. The van der Waals surface area contributed by atoms with Crippen molar-refractivity contribution in [1.82, 2.24) is 19.2 Å². The van der Waals surface area contributed by atoms with Crippen molar-refractivity contribution in [3.8, 4) is 0 Å². The zero-order valence-electron chi connectivity index (χ0n) is 18.1. The number of nitrogens with zero attached hydrogens (tertiary/aromatic N) is 4. The largest absolute Gasteiger partial charge is 0.505 e. The van der Waals surface area contributed by atoms with E-state index in [2.05, 4.69) is 4.98 Å². The number of fused-ring (bicyclic) bond motifs is 1. The van der Waals surface area contributed by atoms with Crippen LogP contribution in [0.4, 0.5) is 0 Å². The Balaban J connectivity index is 1.86. The number of carbonyl (C=O) groups is 2. The number of aliphatic hydroxyl groups excluding tert-OH is 1. The van der Waals surface area contributed by atoms with Crippen molar-refractivity contribution >= 4 is 34.4 Å². The molecule has 1 amide bonds. The van der Waals surface area contributed by atoms with E-state index < -0.39 is 17.7 Å². The number of thiophene rings is 1. The number of rotatable bonds is 6. The van der Waals surface area contributed by atoms with E-state index in [-0.39, 0.29) is 11.3 Å². The van der Waals surface area contributed by atoms with Crippen molar-refractivity contribution in [2.45, 2.75) is 26.3 Å². The number of aryl methyl sites for hydroxylation is 2. The van der Waals surface area contributed by atoms with Gasteiger partial charge >= 0.3 is 0 Å². The van der Waals surface area contributed by atoms with Crippen LogP contribution in [-0.4, -0.2) is 63.2 Å². The van der Waals surface area contributed by atoms with Crippen LogP contribution in [0.1, 0.15) is 34.3 Å². The van der Waals surface area contributed by atoms with Crippen LogP contribution < -0.4 is 0 Å². The predicted molar refractivity (Wildman–Crippen MR) is 121 cm³/mol. The molecule has 0 bridgehead atoms. The minimum Gasteiger partial charge on any atom is -0.505 e. The van der Waals surface area contributed by atoms with E-state index in [0.717, 1.165) is 29.1 Å². The molecular weight excluding hydrogens is 412 g/mol. The van der Waals surface area contributed by atoms with E-state index >= 15 is 0 Å². The molecule has 1 fully saturated rings. The highest BCUT2D eigenvalue weighted by atomic mass is 32.1. The Labute approximate surface area is 185 Å². The van der Waals surface area contributed by atoms with E-state index in [4.69, 9.17) is 0 Å². The second kappa shape index (κ2) is 8.28. The Morgan fingerprint density at radius 1 is 1.23 bits per heavy atom. The summed E-state index contributed by atoms with van der Waals surface area (Å²) >= 11 is 1.47. The van der Waals surface area contributed by atoms with Crippen LogP contribution >= 0.6 is 11.3 Å². The highest BCUT2D eigenvalue weighted by Gasteiger charge is 2.46. The van der Waals surface area contributed by atoms with Gasteiger partial charge in [-0.1, -0.05) is 12.1 Å². The Bertz CT molecular complexity index is 1180. The molecule has 8 heteroatoms. The number of aromatic nitrogens is 2. The average molecular weight is 439 g/mol. The second-order valence-corrected chi connectivity index (χ2v) is 9.07. The number of imidazole rings is 1. The first-order valence-corrected chi connectivity index (χ1v) is 11.1. The van der Waals surface area contributed by atoms with Crippen molar-refractivity contribution in [3.05, 3.63) is 63.2 Å². The topological polar surface area (TPSA) is 78.1 Å². The van der Waals surface area contributed by atoms with E-state index in [1.165, 1.54) is 11.3 Å². The molecule has 0 unspecified atom stereocenters. The molecule has 1 aliphatic rings. The molecule has 0 radical (unpaired) electrons. The van der Waals surface area contributed by atoms with Gasteiger partial charge in [-0.15, -0.1) is 11.3 Å². The number of hydrogen-bond donors (Lipinski definition) is 1. The number of aliphatic hydroxyl groups is 1. The lowest BCUT2D eigenvalue weighted by atomic mass is 10.0. The molecule has 31 heavy (non-hydrogen) atoms. The van der Waals surface area contributed by atoms with Crippen molar-refractivity contribution in [2.75, 3.05) is 27.2 Å². The zero-order chi connectivity index (χ0) is 22.3. The van der Waals surface area contributed by atoms with Gasteiger partial charge in [-0.2, -0.15) is 0 Å². The van der Waals surface area contributed by atoms with Gasteiger partial charge in [0, 0.05) is 17.6 Å². The van der Waals surface area contributed by atoms with Gasteiger partial charge in [-0.3, -0.25) is 14.0 Å². The summed E-state index contributed by atoms with van der Waals surface area (Å²) in [4.78, 5) is 35.2. The molecule has 0 aromatic carbocycles. The van der Waals surface area contributed by atoms with Crippen LogP contribution in [-0.2, 0) is 9.59 Å². The smallest absolute Gasteiger partial charge is 0.295 e. The van der Waals surface area contributed by atoms with Crippen molar-refractivity contribution in [1.29, 1.82) is 0 Å². The van der Waals surface area contributed by atoms with Gasteiger partial charge in [0.2, 0.25) is 0 Å². The summed E-state index contributed by atoms with van der Waals surface area (Å²) < 4.78 is 1.78. The maximum Gasteiger partial charge on any atom is 0.295 e. The van der Waals surface area contributed by atoms with Gasteiger partial charge in [0.15, 0.2) is 5.76 Å². The lowest BCUT2D eigenvalue weighted by Crippen LogP contribution is -2.32. The average Bonchev–Trinajstić information content (AvgIpc) is 3.41. The molecule has 1 saturated heterocycles. The Morgan fingerprint density at radius 2 is 2.00 bits per heavy atom. The van der Waals surface area contributed by atoms with Crippen LogP contribution in [0.2, 0.25) is 0 Å². The first-order valence-electron chi connectivity index (χ1n) is 10.2. The van der Waals surface area contributed by atoms with E-state index in [9.17, 15) is 14.7 Å². The fourth-order valence-corrected chi connectivity index (χ4v) is 4.99. The van der Waals surface area contributed by atoms with Gasteiger partial charge in [-0.05, 0) is 64.0 Å². The molecule has 1 atom stereocenters. The van der Waals surface area contributed by atoms with E-state index in [1.54, 1.807) is 16.2 Å². The zero-order valence-corrected chi connectivity index (χ0v) is 18.9. The molecule has 0 aliphatic carbocycles. The molecule has 3 aromatic rings. The van der Waals surface area contributed by atoms with Crippen LogP contribution in [0.3, 0.4) is 0 Å². The quantitative estimate of drug-likeness (QED) is 0.363. The van der Waals surface area contributed by atoms with Gasteiger partial charge in [0.05, 0.1) is 17.3 Å². The fraction of sp³-hybridized carbons (Fsp3) is 0.348. The summed E-state index contributed by atoms with van der Waals surface area (Å²) in [6.45, 7) is 4.98. The molecule has 3 aromatic heterocycles. The number of Topliss-reactive ketones (excluding diaryl/α,β-unsaturated/α-hetero) is 1. The summed E-state index contributed by atoms with van der Waals surface area (Å²) in [5.74, 6) is -1.40. The Hall–Kier alpha value is -2.97. The maximum atomic E-state index is 13.1. The minimum atomic E-state index is -0.650. The molecular formula is C23H26N4O3S. The number of ketones is 1. The van der Waals surface area contributed by atoms with Crippen LogP contribution in [0.15, 0.2) is 41.4 Å². The van der Waals surface area contributed by atoms with Gasteiger partial charge in [0.1, 0.15) is 11.3 Å². The fourth-order valence-electron chi connectivity index (χ4n) is 4.14. The SMILES string of the molecule is Cc1nc2c(C)cccn2c1C(O)=C1C(=O)C(=O)N(CCCN(C)C)[C@H]1c1cccs1. The van der Waals surface area contributed by atoms with Crippen molar-refractivity contribution < 1.29 is 14.7 Å². The predicted octanol–water partition coefficient (Wildman–Crippen LogP) is 3.39. The third-order valence-corrected chi connectivity index (χ3v) is 6.53. The van der Waals surface area contributed by atoms with Crippen LogP contribution in [0, 0.1) is 13.8 Å². The maximum absolute atomic E-state index is 13.1. The summed E-state index contributed by atoms with van der Waals surface area (Å²) in [6.07, 6.45) is 2.54. The molecule has 1 aliphatic heterocycles. The monoisotopic (exact) mass is 438 g/mol. The molecule has 4 rings (SSSR count). The molecule has 1 N–H and O–H groups in total. The molecule has 7 nitrogen and oxygen atoms in total. The Morgan fingerprint density at radius 3 is 2.68 bits per heavy atom. The molecule has 0 saturated carbocycles. The molecule has 4 heterocycles. The van der Waals surface area contributed by atoms with E-state index in [1.807, 2.05) is 61.8 Å². The van der Waals surface area contributed by atoms with Gasteiger partial charge < -0.3 is 14.9 Å². The second-order valence-electron chi connectivity index (χ2n) is 8.10. The number of pyridine rings is 1. The number of hydrogen-bond acceptors (Lipinski definition) is 6. The van der Waals surface area contributed by atoms with Gasteiger partial charge in [0.25, 0.3) is 11.7 Å². The van der Waals surface area contributed by atoms with Crippen molar-refractivity contribution in [2.24, 2.45) is 0 Å². The first kappa shape index (κ1) is 21.3. The van der Waals surface area contributed by atoms with E-state index in [0.29, 0.717) is 17.9 Å².